The number of carbonyl (C=O) groups excluding carboxylic acids is 1. The third kappa shape index (κ3) is 2.79. The zero-order chi connectivity index (χ0) is 13.3. The molecule has 0 fully saturated rings. The number of hydrogen-bond donors (Lipinski definition) is 1. The molecule has 0 heterocycles. The first-order valence-corrected chi connectivity index (χ1v) is 4.40. The molecule has 1 unspecified atom stereocenters. The van der Waals surface area contributed by atoms with Gasteiger partial charge in [-0.3, -0.25) is 4.79 Å². The molecule has 0 bridgehead atoms. The second-order valence-electron chi connectivity index (χ2n) is 3.26. The molecule has 1 atom stereocenters. The molecule has 0 aliphatic rings. The molecule has 1 aromatic carbocycles. The second kappa shape index (κ2) is 4.40. The Morgan fingerprint density at radius 3 is 1.94 bits per heavy atom. The molecule has 0 saturated carbocycles. The molecule has 0 aromatic heterocycles. The maximum absolute atomic E-state index is 13.1. The zero-order valence-corrected chi connectivity index (χ0v) is 8.21. The summed E-state index contributed by atoms with van der Waals surface area (Å²) in [6.45, 7) is 0. The molecule has 1 aromatic rings. The highest BCUT2D eigenvalue weighted by atomic mass is 19.4. The Balaban J connectivity index is 3.03. The number of ketones is 1. The van der Waals surface area contributed by atoms with Gasteiger partial charge in [0.05, 0.1) is 0 Å². The third-order valence-electron chi connectivity index (χ3n) is 2.02. The van der Waals surface area contributed by atoms with E-state index in [1.54, 1.807) is 0 Å². The standard InChI is InChI=1S/C10H7F5O2/c11-9(12,8(17)10(13,14)15)7(16)6-4-2-1-3-5-6/h1-5,7,16H. The van der Waals surface area contributed by atoms with Crippen LogP contribution in [0, 0.1) is 0 Å². The lowest BCUT2D eigenvalue weighted by atomic mass is 10.0. The number of carbonyl (C=O) groups is 1. The van der Waals surface area contributed by atoms with Gasteiger partial charge >= 0.3 is 17.9 Å². The van der Waals surface area contributed by atoms with Crippen LogP contribution in [0.1, 0.15) is 11.7 Å². The summed E-state index contributed by atoms with van der Waals surface area (Å²) in [6.07, 6.45) is -8.52. The topological polar surface area (TPSA) is 37.3 Å². The Morgan fingerprint density at radius 1 is 1.06 bits per heavy atom. The van der Waals surface area contributed by atoms with Gasteiger partial charge in [-0.2, -0.15) is 22.0 Å². The molecule has 1 rings (SSSR count). The maximum atomic E-state index is 13.1. The van der Waals surface area contributed by atoms with Crippen molar-refractivity contribution in [2.24, 2.45) is 0 Å². The molecule has 0 radical (unpaired) electrons. The second-order valence-corrected chi connectivity index (χ2v) is 3.26. The Morgan fingerprint density at radius 2 is 1.53 bits per heavy atom. The largest absolute Gasteiger partial charge is 0.456 e. The summed E-state index contributed by atoms with van der Waals surface area (Å²) in [5.74, 6) is -8.17. The Labute approximate surface area is 92.7 Å². The Kier molecular flexibility index (Phi) is 3.51. The summed E-state index contributed by atoms with van der Waals surface area (Å²) in [5.41, 5.74) is -0.463. The maximum Gasteiger partial charge on any atom is 0.456 e. The van der Waals surface area contributed by atoms with E-state index in [-0.39, 0.29) is 0 Å². The zero-order valence-electron chi connectivity index (χ0n) is 8.21. The van der Waals surface area contributed by atoms with E-state index in [1.165, 1.54) is 18.2 Å². The minimum absolute atomic E-state index is 0.463. The Hall–Kier alpha value is -1.50. The molecule has 17 heavy (non-hydrogen) atoms. The molecule has 94 valence electrons. The van der Waals surface area contributed by atoms with Crippen LogP contribution in [0.2, 0.25) is 0 Å². The van der Waals surface area contributed by atoms with E-state index >= 15 is 0 Å². The van der Waals surface area contributed by atoms with Crippen LogP contribution < -0.4 is 0 Å². The monoisotopic (exact) mass is 254 g/mol. The number of benzene rings is 1. The van der Waals surface area contributed by atoms with Gasteiger partial charge in [0.15, 0.2) is 6.10 Å². The van der Waals surface area contributed by atoms with Crippen molar-refractivity contribution < 1.29 is 31.9 Å². The van der Waals surface area contributed by atoms with Gasteiger partial charge in [-0.25, -0.2) is 0 Å². The average Bonchev–Trinajstić information content (AvgIpc) is 2.27. The summed E-state index contributed by atoms with van der Waals surface area (Å²) < 4.78 is 61.8. The van der Waals surface area contributed by atoms with Gasteiger partial charge in [-0.05, 0) is 5.56 Å². The van der Waals surface area contributed by atoms with Crippen molar-refractivity contribution in [3.05, 3.63) is 35.9 Å². The number of Topliss-reactive ketones (excluding diaryl/α,β-unsaturated/α-hetero) is 1. The molecule has 1 N–H and O–H groups in total. The molecule has 2 nitrogen and oxygen atoms in total. The number of rotatable bonds is 3. The lowest BCUT2D eigenvalue weighted by molar-refractivity contribution is -0.208. The van der Waals surface area contributed by atoms with Crippen molar-refractivity contribution in [1.29, 1.82) is 0 Å². The summed E-state index contributed by atoms with van der Waals surface area (Å²) in [6, 6.07) is 5.95. The molecule has 0 aliphatic carbocycles. The van der Waals surface area contributed by atoms with Crippen LogP contribution in [0.3, 0.4) is 0 Å². The first-order valence-electron chi connectivity index (χ1n) is 4.40. The first kappa shape index (κ1) is 13.6. The van der Waals surface area contributed by atoms with Gasteiger partial charge < -0.3 is 5.11 Å². The van der Waals surface area contributed by atoms with Crippen LogP contribution in [0.25, 0.3) is 0 Å². The van der Waals surface area contributed by atoms with Crippen LogP contribution in [0.4, 0.5) is 22.0 Å². The first-order chi connectivity index (χ1) is 7.67. The third-order valence-corrected chi connectivity index (χ3v) is 2.02. The molecule has 0 amide bonds. The molecule has 0 aliphatic heterocycles. The lowest BCUT2D eigenvalue weighted by Gasteiger charge is -2.22. The van der Waals surface area contributed by atoms with Crippen LogP contribution in [-0.2, 0) is 4.79 Å². The fraction of sp³-hybridized carbons (Fsp3) is 0.300. The predicted molar refractivity (Wildman–Crippen MR) is 47.4 cm³/mol. The average molecular weight is 254 g/mol. The highest BCUT2D eigenvalue weighted by Crippen LogP contribution is 2.37. The Bertz CT molecular complexity index is 399. The van der Waals surface area contributed by atoms with E-state index in [9.17, 15) is 26.7 Å². The van der Waals surface area contributed by atoms with Crippen molar-refractivity contribution in [3.63, 3.8) is 0 Å². The van der Waals surface area contributed by atoms with Gasteiger partial charge in [-0.15, -0.1) is 0 Å². The summed E-state index contributed by atoms with van der Waals surface area (Å²) in [7, 11) is 0. The minimum Gasteiger partial charge on any atom is -0.382 e. The number of hydrogen-bond acceptors (Lipinski definition) is 2. The van der Waals surface area contributed by atoms with E-state index < -0.39 is 29.5 Å². The molecular formula is C10H7F5O2. The number of halogens is 5. The van der Waals surface area contributed by atoms with Crippen molar-refractivity contribution in [2.45, 2.75) is 18.2 Å². The number of aliphatic hydroxyl groups is 1. The normalized spacial score (nSPS) is 14.5. The van der Waals surface area contributed by atoms with Crippen LogP contribution in [0.15, 0.2) is 30.3 Å². The van der Waals surface area contributed by atoms with Crippen molar-refractivity contribution in [3.8, 4) is 0 Å². The SMILES string of the molecule is O=C(C(F)(F)F)C(F)(F)C(O)c1ccccc1. The van der Waals surface area contributed by atoms with Gasteiger partial charge in [0.1, 0.15) is 0 Å². The van der Waals surface area contributed by atoms with E-state index in [0.29, 0.717) is 0 Å². The van der Waals surface area contributed by atoms with Crippen molar-refractivity contribution in [1.82, 2.24) is 0 Å². The summed E-state index contributed by atoms with van der Waals surface area (Å²) in [5, 5.41) is 9.11. The lowest BCUT2D eigenvalue weighted by Crippen LogP contribution is -2.44. The van der Waals surface area contributed by atoms with Crippen molar-refractivity contribution in [2.75, 3.05) is 0 Å². The fourth-order valence-corrected chi connectivity index (χ4v) is 1.16. The smallest absolute Gasteiger partial charge is 0.382 e. The predicted octanol–water partition coefficient (Wildman–Crippen LogP) is 2.49. The van der Waals surface area contributed by atoms with Gasteiger partial charge in [0, 0.05) is 0 Å². The van der Waals surface area contributed by atoms with Crippen LogP contribution in [-0.4, -0.2) is 23.0 Å². The van der Waals surface area contributed by atoms with Crippen LogP contribution in [0.5, 0.6) is 0 Å². The molecule has 0 spiro atoms. The van der Waals surface area contributed by atoms with E-state index in [1.807, 2.05) is 0 Å². The van der Waals surface area contributed by atoms with Crippen LogP contribution >= 0.6 is 0 Å². The molecule has 7 heteroatoms. The molecule has 0 saturated heterocycles. The highest BCUT2D eigenvalue weighted by molar-refractivity contribution is 5.91. The summed E-state index contributed by atoms with van der Waals surface area (Å²) >= 11 is 0. The minimum atomic E-state index is -5.70. The highest BCUT2D eigenvalue weighted by Gasteiger charge is 2.59. The van der Waals surface area contributed by atoms with E-state index in [4.69, 9.17) is 5.11 Å². The summed E-state index contributed by atoms with van der Waals surface area (Å²) in [4.78, 5) is 10.5. The van der Waals surface area contributed by atoms with Gasteiger partial charge in [0.25, 0.3) is 0 Å². The fourth-order valence-electron chi connectivity index (χ4n) is 1.16. The van der Waals surface area contributed by atoms with E-state index in [2.05, 4.69) is 0 Å². The van der Waals surface area contributed by atoms with Crippen molar-refractivity contribution >= 4 is 5.78 Å². The van der Waals surface area contributed by atoms with Gasteiger partial charge in [-0.1, -0.05) is 30.3 Å². The quantitative estimate of drug-likeness (QED) is 0.841. The molecular weight excluding hydrogens is 247 g/mol. The number of alkyl halides is 5. The van der Waals surface area contributed by atoms with Gasteiger partial charge in [0.2, 0.25) is 0 Å². The number of aliphatic hydroxyl groups excluding tert-OH is 1. The van der Waals surface area contributed by atoms with E-state index in [0.717, 1.165) is 12.1 Å².